The monoisotopic (exact) mass is 317 g/mol. The summed E-state index contributed by atoms with van der Waals surface area (Å²) in [6.07, 6.45) is -0.0395. The number of benzene rings is 1. The lowest BCUT2D eigenvalue weighted by atomic mass is 10.2. The van der Waals surface area contributed by atoms with Crippen molar-refractivity contribution >= 4 is 22.8 Å². The molecule has 1 fully saturated rings. The molecule has 7 nitrogen and oxygen atoms in total. The number of hydrogen-bond acceptors (Lipinski definition) is 5. The van der Waals surface area contributed by atoms with Crippen LogP contribution in [0.25, 0.3) is 10.9 Å². The van der Waals surface area contributed by atoms with Crippen LogP contribution in [0.15, 0.2) is 24.3 Å². The van der Waals surface area contributed by atoms with Crippen molar-refractivity contribution in [1.82, 2.24) is 15.1 Å². The Bertz CT molecular complexity index is 717. The zero-order chi connectivity index (χ0) is 16.4. The van der Waals surface area contributed by atoms with E-state index in [1.807, 2.05) is 32.0 Å². The smallest absolute Gasteiger partial charge is 0.359 e. The molecule has 2 heterocycles. The predicted molar refractivity (Wildman–Crippen MR) is 83.0 cm³/mol. The average molecular weight is 317 g/mol. The van der Waals surface area contributed by atoms with Gasteiger partial charge in [-0.3, -0.25) is 9.89 Å². The molecule has 1 aliphatic heterocycles. The third kappa shape index (κ3) is 3.34. The second kappa shape index (κ2) is 6.37. The number of hydrogen-bond donors (Lipinski definition) is 1. The maximum atomic E-state index is 12.2. The van der Waals surface area contributed by atoms with Crippen LogP contribution < -0.4 is 0 Å². The van der Waals surface area contributed by atoms with Gasteiger partial charge in [-0.2, -0.15) is 5.10 Å². The minimum absolute atomic E-state index is 0.0197. The van der Waals surface area contributed by atoms with Gasteiger partial charge in [0, 0.05) is 18.5 Å². The number of fused-ring (bicyclic) bond motifs is 1. The van der Waals surface area contributed by atoms with E-state index in [0.29, 0.717) is 18.5 Å². The van der Waals surface area contributed by atoms with E-state index in [0.717, 1.165) is 5.52 Å². The van der Waals surface area contributed by atoms with Crippen LogP contribution in [0.1, 0.15) is 24.3 Å². The molecule has 1 saturated heterocycles. The lowest BCUT2D eigenvalue weighted by molar-refractivity contribution is -0.146. The van der Waals surface area contributed by atoms with E-state index >= 15 is 0 Å². The number of carbonyl (C=O) groups excluding carboxylic acids is 2. The highest BCUT2D eigenvalue weighted by Gasteiger charge is 2.27. The van der Waals surface area contributed by atoms with Crippen LogP contribution in [-0.2, 0) is 14.3 Å². The van der Waals surface area contributed by atoms with E-state index in [2.05, 4.69) is 10.2 Å². The van der Waals surface area contributed by atoms with Crippen LogP contribution in [0.3, 0.4) is 0 Å². The van der Waals surface area contributed by atoms with Gasteiger partial charge in [-0.25, -0.2) is 4.79 Å². The Balaban J connectivity index is 1.61. The number of aromatic amines is 1. The SMILES string of the molecule is C[C@H]1CN(C(=O)COC(=O)c2n[nH]c3ccccc23)C[C@H](C)O1. The van der Waals surface area contributed by atoms with E-state index in [9.17, 15) is 9.59 Å². The molecule has 0 saturated carbocycles. The molecule has 23 heavy (non-hydrogen) atoms. The van der Waals surface area contributed by atoms with Gasteiger partial charge in [-0.1, -0.05) is 18.2 Å². The molecule has 2 aromatic rings. The molecular formula is C16H19N3O4. The van der Waals surface area contributed by atoms with Gasteiger partial charge in [0.25, 0.3) is 5.91 Å². The molecule has 1 amide bonds. The Morgan fingerprint density at radius 2 is 2.00 bits per heavy atom. The van der Waals surface area contributed by atoms with E-state index in [1.165, 1.54) is 0 Å². The first-order valence-corrected chi connectivity index (χ1v) is 7.58. The summed E-state index contributed by atoms with van der Waals surface area (Å²) in [6, 6.07) is 7.26. The molecule has 1 aromatic carbocycles. The van der Waals surface area contributed by atoms with Gasteiger partial charge < -0.3 is 14.4 Å². The van der Waals surface area contributed by atoms with Crippen molar-refractivity contribution in [3.05, 3.63) is 30.0 Å². The van der Waals surface area contributed by atoms with Gasteiger partial charge in [0.2, 0.25) is 0 Å². The molecular weight excluding hydrogens is 298 g/mol. The maximum Gasteiger partial charge on any atom is 0.359 e. The van der Waals surface area contributed by atoms with Gasteiger partial charge in [0.05, 0.1) is 17.7 Å². The number of carbonyl (C=O) groups is 2. The molecule has 1 aliphatic rings. The van der Waals surface area contributed by atoms with Gasteiger partial charge in [0.15, 0.2) is 12.3 Å². The fourth-order valence-corrected chi connectivity index (χ4v) is 2.79. The lowest BCUT2D eigenvalue weighted by Gasteiger charge is -2.35. The summed E-state index contributed by atoms with van der Waals surface area (Å²) >= 11 is 0. The van der Waals surface area contributed by atoms with Gasteiger partial charge in [-0.05, 0) is 19.9 Å². The molecule has 0 radical (unpaired) electrons. The lowest BCUT2D eigenvalue weighted by Crippen LogP contribution is -2.49. The van der Waals surface area contributed by atoms with Gasteiger partial charge in [0.1, 0.15) is 0 Å². The normalized spacial score (nSPS) is 21.4. The zero-order valence-corrected chi connectivity index (χ0v) is 13.1. The van der Waals surface area contributed by atoms with Crippen LogP contribution >= 0.6 is 0 Å². The Morgan fingerprint density at radius 3 is 2.74 bits per heavy atom. The number of nitrogens with one attached hydrogen (secondary N) is 1. The second-order valence-electron chi connectivity index (χ2n) is 5.75. The number of nitrogens with zero attached hydrogens (tertiary/aromatic N) is 2. The highest BCUT2D eigenvalue weighted by atomic mass is 16.5. The number of rotatable bonds is 3. The summed E-state index contributed by atoms with van der Waals surface area (Å²) in [7, 11) is 0. The molecule has 0 unspecified atom stereocenters. The average Bonchev–Trinajstić information content (AvgIpc) is 2.95. The number of esters is 1. The van der Waals surface area contributed by atoms with Gasteiger partial charge >= 0.3 is 5.97 Å². The van der Waals surface area contributed by atoms with Crippen molar-refractivity contribution in [2.75, 3.05) is 19.7 Å². The van der Waals surface area contributed by atoms with E-state index < -0.39 is 5.97 Å². The zero-order valence-electron chi connectivity index (χ0n) is 13.1. The third-order valence-electron chi connectivity index (χ3n) is 3.76. The van der Waals surface area contributed by atoms with Crippen LogP contribution in [-0.4, -0.2) is 58.9 Å². The first-order chi connectivity index (χ1) is 11.0. The molecule has 122 valence electrons. The fraction of sp³-hybridized carbons (Fsp3) is 0.438. The Hall–Kier alpha value is -2.41. The topological polar surface area (TPSA) is 84.5 Å². The van der Waals surface area contributed by atoms with E-state index in [-0.39, 0.29) is 30.4 Å². The maximum absolute atomic E-state index is 12.2. The van der Waals surface area contributed by atoms with Crippen molar-refractivity contribution in [1.29, 1.82) is 0 Å². The molecule has 1 N–H and O–H groups in total. The largest absolute Gasteiger partial charge is 0.451 e. The van der Waals surface area contributed by atoms with Crippen molar-refractivity contribution in [3.8, 4) is 0 Å². The molecule has 0 aliphatic carbocycles. The van der Waals surface area contributed by atoms with Crippen LogP contribution in [0.5, 0.6) is 0 Å². The third-order valence-corrected chi connectivity index (χ3v) is 3.76. The Morgan fingerprint density at radius 1 is 1.30 bits per heavy atom. The minimum Gasteiger partial charge on any atom is -0.451 e. The quantitative estimate of drug-likeness (QED) is 0.864. The van der Waals surface area contributed by atoms with Crippen molar-refractivity contribution in [2.24, 2.45) is 0 Å². The summed E-state index contributed by atoms with van der Waals surface area (Å²) < 4.78 is 10.7. The van der Waals surface area contributed by atoms with Crippen LogP contribution in [0.2, 0.25) is 0 Å². The summed E-state index contributed by atoms with van der Waals surface area (Å²) in [6.45, 7) is 4.55. The fourth-order valence-electron chi connectivity index (χ4n) is 2.79. The standard InChI is InChI=1S/C16H19N3O4/c1-10-7-19(8-11(2)23-10)14(20)9-22-16(21)15-12-5-3-4-6-13(12)17-18-15/h3-6,10-11H,7-9H2,1-2H3,(H,17,18)/t10-,11-/m0/s1. The molecule has 1 aromatic heterocycles. The van der Waals surface area contributed by atoms with Crippen LogP contribution in [0.4, 0.5) is 0 Å². The summed E-state index contributed by atoms with van der Waals surface area (Å²) in [5.74, 6) is -0.828. The Kier molecular flexibility index (Phi) is 4.29. The second-order valence-corrected chi connectivity index (χ2v) is 5.75. The highest BCUT2D eigenvalue weighted by Crippen LogP contribution is 2.16. The van der Waals surface area contributed by atoms with Crippen LogP contribution in [0, 0.1) is 0 Å². The minimum atomic E-state index is -0.606. The molecule has 3 rings (SSSR count). The molecule has 0 bridgehead atoms. The molecule has 7 heteroatoms. The van der Waals surface area contributed by atoms with Crippen molar-refractivity contribution in [3.63, 3.8) is 0 Å². The Labute approximate surface area is 133 Å². The predicted octanol–water partition coefficient (Wildman–Crippen LogP) is 1.36. The number of aromatic nitrogens is 2. The highest BCUT2D eigenvalue weighted by molar-refractivity contribution is 6.02. The van der Waals surface area contributed by atoms with Crippen molar-refractivity contribution < 1.29 is 19.1 Å². The summed E-state index contributed by atoms with van der Waals surface area (Å²) in [5, 5.41) is 7.41. The van der Waals surface area contributed by atoms with Crippen molar-refractivity contribution in [2.45, 2.75) is 26.1 Å². The molecule has 2 atom stereocenters. The number of morpholine rings is 1. The number of H-pyrrole nitrogens is 1. The van der Waals surface area contributed by atoms with E-state index in [1.54, 1.807) is 11.0 Å². The van der Waals surface area contributed by atoms with E-state index in [4.69, 9.17) is 9.47 Å². The molecule has 0 spiro atoms. The number of para-hydroxylation sites is 1. The summed E-state index contributed by atoms with van der Waals surface area (Å²) in [4.78, 5) is 26.0. The first-order valence-electron chi connectivity index (χ1n) is 7.58. The number of ether oxygens (including phenoxy) is 2. The number of amides is 1. The first kappa shape index (κ1) is 15.5. The van der Waals surface area contributed by atoms with Gasteiger partial charge in [-0.15, -0.1) is 0 Å². The summed E-state index contributed by atoms with van der Waals surface area (Å²) in [5.41, 5.74) is 0.943.